The van der Waals surface area contributed by atoms with E-state index in [0.29, 0.717) is 0 Å². The van der Waals surface area contributed by atoms with Gasteiger partial charge < -0.3 is 10.1 Å². The van der Waals surface area contributed by atoms with Crippen LogP contribution in [0.25, 0.3) is 10.9 Å². The Morgan fingerprint density at radius 3 is 2.95 bits per heavy atom. The van der Waals surface area contributed by atoms with Gasteiger partial charge in [-0.15, -0.1) is 0 Å². The van der Waals surface area contributed by atoms with Gasteiger partial charge in [0.2, 0.25) is 0 Å². The summed E-state index contributed by atoms with van der Waals surface area (Å²) in [5, 5.41) is 12.7. The molecule has 5 nitrogen and oxygen atoms in total. The second-order valence-corrected chi connectivity index (χ2v) is 4.66. The second kappa shape index (κ2) is 5.95. The zero-order chi connectivity index (χ0) is 12.9. The summed E-state index contributed by atoms with van der Waals surface area (Å²) in [7, 11) is 0. The molecule has 1 aromatic carbocycles. The molecule has 1 aliphatic heterocycles. The zero-order valence-electron chi connectivity index (χ0n) is 10.9. The SMILES string of the molecule is c1ccc2c(NCCN3CCOCC3)cnnc2c1. The van der Waals surface area contributed by atoms with Gasteiger partial charge in [0.05, 0.1) is 30.6 Å². The van der Waals surface area contributed by atoms with Crippen molar-refractivity contribution in [3.05, 3.63) is 30.5 Å². The number of ether oxygens (including phenoxy) is 1. The molecular formula is C14H18N4O. The van der Waals surface area contributed by atoms with E-state index in [1.165, 1.54) is 0 Å². The summed E-state index contributed by atoms with van der Waals surface area (Å²) in [6.07, 6.45) is 1.79. The molecule has 0 atom stereocenters. The van der Waals surface area contributed by atoms with E-state index >= 15 is 0 Å². The quantitative estimate of drug-likeness (QED) is 0.897. The molecule has 2 aromatic rings. The standard InChI is InChI=1S/C14H18N4O/c1-2-4-13-12(3-1)14(11-16-17-13)15-5-6-18-7-9-19-10-8-18/h1-4,11H,5-10H2,(H,15,17). The molecule has 0 amide bonds. The molecule has 0 spiro atoms. The minimum Gasteiger partial charge on any atom is -0.382 e. The molecule has 3 rings (SSSR count). The lowest BCUT2D eigenvalue weighted by Crippen LogP contribution is -2.39. The van der Waals surface area contributed by atoms with Crippen molar-refractivity contribution in [3.8, 4) is 0 Å². The molecule has 1 saturated heterocycles. The average molecular weight is 258 g/mol. The molecule has 5 heteroatoms. The summed E-state index contributed by atoms with van der Waals surface area (Å²) in [6, 6.07) is 8.06. The lowest BCUT2D eigenvalue weighted by molar-refractivity contribution is 0.0398. The van der Waals surface area contributed by atoms with Gasteiger partial charge >= 0.3 is 0 Å². The van der Waals surface area contributed by atoms with E-state index in [9.17, 15) is 0 Å². The van der Waals surface area contributed by atoms with Gasteiger partial charge in [-0.05, 0) is 6.07 Å². The summed E-state index contributed by atoms with van der Waals surface area (Å²) in [4.78, 5) is 2.41. The van der Waals surface area contributed by atoms with Crippen molar-refractivity contribution in [2.75, 3.05) is 44.7 Å². The van der Waals surface area contributed by atoms with Gasteiger partial charge in [-0.1, -0.05) is 18.2 Å². The molecule has 1 fully saturated rings. The predicted molar refractivity (Wildman–Crippen MR) is 75.3 cm³/mol. The number of nitrogens with one attached hydrogen (secondary N) is 1. The van der Waals surface area contributed by atoms with E-state index in [1.54, 1.807) is 6.20 Å². The van der Waals surface area contributed by atoms with Crippen LogP contribution in [-0.2, 0) is 4.74 Å². The van der Waals surface area contributed by atoms with Crippen molar-refractivity contribution >= 4 is 16.6 Å². The fourth-order valence-corrected chi connectivity index (χ4v) is 2.32. The lowest BCUT2D eigenvalue weighted by Gasteiger charge is -2.26. The molecule has 1 aromatic heterocycles. The fourth-order valence-electron chi connectivity index (χ4n) is 2.32. The number of hydrogen-bond acceptors (Lipinski definition) is 5. The number of morpholine rings is 1. The largest absolute Gasteiger partial charge is 0.382 e. The number of benzene rings is 1. The van der Waals surface area contributed by atoms with Crippen molar-refractivity contribution in [3.63, 3.8) is 0 Å². The van der Waals surface area contributed by atoms with E-state index in [4.69, 9.17) is 4.74 Å². The van der Waals surface area contributed by atoms with Crippen LogP contribution in [0.3, 0.4) is 0 Å². The fraction of sp³-hybridized carbons (Fsp3) is 0.429. The molecule has 0 bridgehead atoms. The number of hydrogen-bond donors (Lipinski definition) is 1. The van der Waals surface area contributed by atoms with Gasteiger partial charge in [-0.25, -0.2) is 0 Å². The maximum Gasteiger partial charge on any atom is 0.0950 e. The highest BCUT2D eigenvalue weighted by Gasteiger charge is 2.09. The molecule has 19 heavy (non-hydrogen) atoms. The molecular weight excluding hydrogens is 240 g/mol. The average Bonchev–Trinajstić information content (AvgIpc) is 2.49. The molecule has 0 unspecified atom stereocenters. The minimum atomic E-state index is 0.847. The van der Waals surface area contributed by atoms with Crippen LogP contribution < -0.4 is 5.32 Å². The van der Waals surface area contributed by atoms with E-state index in [2.05, 4.69) is 26.5 Å². The molecule has 0 radical (unpaired) electrons. The van der Waals surface area contributed by atoms with Crippen molar-refractivity contribution in [1.29, 1.82) is 0 Å². The van der Waals surface area contributed by atoms with Crippen LogP contribution in [0.4, 0.5) is 5.69 Å². The maximum absolute atomic E-state index is 5.34. The third kappa shape index (κ3) is 3.00. The number of nitrogens with zero attached hydrogens (tertiary/aromatic N) is 3. The van der Waals surface area contributed by atoms with Crippen molar-refractivity contribution in [1.82, 2.24) is 15.1 Å². The summed E-state index contributed by atoms with van der Waals surface area (Å²) in [5.41, 5.74) is 1.98. The molecule has 1 aliphatic rings. The van der Waals surface area contributed by atoms with E-state index in [1.807, 2.05) is 18.2 Å². The first-order chi connectivity index (χ1) is 9.43. The van der Waals surface area contributed by atoms with Gasteiger partial charge in [0.15, 0.2) is 0 Å². The highest BCUT2D eigenvalue weighted by atomic mass is 16.5. The number of aromatic nitrogens is 2. The summed E-state index contributed by atoms with van der Waals surface area (Å²) >= 11 is 0. The van der Waals surface area contributed by atoms with Gasteiger partial charge in [-0.3, -0.25) is 4.90 Å². The second-order valence-electron chi connectivity index (χ2n) is 4.66. The van der Waals surface area contributed by atoms with Gasteiger partial charge in [0, 0.05) is 31.6 Å². The molecule has 2 heterocycles. The van der Waals surface area contributed by atoms with Gasteiger partial charge in [0.25, 0.3) is 0 Å². The predicted octanol–water partition coefficient (Wildman–Crippen LogP) is 1.37. The van der Waals surface area contributed by atoms with Crippen LogP contribution in [0, 0.1) is 0 Å². The first-order valence-corrected chi connectivity index (χ1v) is 6.68. The first kappa shape index (κ1) is 12.3. The molecule has 1 N–H and O–H groups in total. The Bertz CT molecular complexity index is 534. The Kier molecular flexibility index (Phi) is 3.86. The number of fused-ring (bicyclic) bond motifs is 1. The summed E-state index contributed by atoms with van der Waals surface area (Å²) in [6.45, 7) is 5.68. The van der Waals surface area contributed by atoms with Crippen LogP contribution >= 0.6 is 0 Å². The van der Waals surface area contributed by atoms with Crippen LogP contribution in [-0.4, -0.2) is 54.5 Å². The summed E-state index contributed by atoms with van der Waals surface area (Å²) in [5.74, 6) is 0. The first-order valence-electron chi connectivity index (χ1n) is 6.68. The third-order valence-electron chi connectivity index (χ3n) is 3.39. The lowest BCUT2D eigenvalue weighted by atomic mass is 10.2. The monoisotopic (exact) mass is 258 g/mol. The molecule has 0 saturated carbocycles. The van der Waals surface area contributed by atoms with Crippen LogP contribution in [0.5, 0.6) is 0 Å². The Morgan fingerprint density at radius 1 is 1.21 bits per heavy atom. The van der Waals surface area contributed by atoms with Crippen LogP contribution in [0.2, 0.25) is 0 Å². The normalized spacial score (nSPS) is 16.6. The Morgan fingerprint density at radius 2 is 2.05 bits per heavy atom. The van der Waals surface area contributed by atoms with E-state index < -0.39 is 0 Å². The topological polar surface area (TPSA) is 50.3 Å². The number of anilines is 1. The van der Waals surface area contributed by atoms with Crippen molar-refractivity contribution < 1.29 is 4.74 Å². The Labute approximate surface area is 112 Å². The van der Waals surface area contributed by atoms with Crippen LogP contribution in [0.15, 0.2) is 30.5 Å². The van der Waals surface area contributed by atoms with Crippen LogP contribution in [0.1, 0.15) is 0 Å². The smallest absolute Gasteiger partial charge is 0.0950 e. The van der Waals surface area contributed by atoms with Crippen molar-refractivity contribution in [2.45, 2.75) is 0 Å². The van der Waals surface area contributed by atoms with Gasteiger partial charge in [-0.2, -0.15) is 10.2 Å². The third-order valence-corrected chi connectivity index (χ3v) is 3.39. The summed E-state index contributed by atoms with van der Waals surface area (Å²) < 4.78 is 5.34. The zero-order valence-corrected chi connectivity index (χ0v) is 10.9. The van der Waals surface area contributed by atoms with Crippen molar-refractivity contribution in [2.24, 2.45) is 0 Å². The number of rotatable bonds is 4. The Hall–Kier alpha value is -1.72. The highest BCUT2D eigenvalue weighted by molar-refractivity contribution is 5.90. The molecule has 100 valence electrons. The highest BCUT2D eigenvalue weighted by Crippen LogP contribution is 2.19. The minimum absolute atomic E-state index is 0.847. The molecule has 0 aliphatic carbocycles. The maximum atomic E-state index is 5.34. The van der Waals surface area contributed by atoms with E-state index in [-0.39, 0.29) is 0 Å². The van der Waals surface area contributed by atoms with Gasteiger partial charge in [0.1, 0.15) is 0 Å². The Balaban J connectivity index is 1.62. The van der Waals surface area contributed by atoms with E-state index in [0.717, 1.165) is 56.0 Å².